The topological polar surface area (TPSA) is 71.2 Å². The number of carbonyl (C=O) groups excluding carboxylic acids is 2. The molecule has 0 atom stereocenters. The third-order valence-corrected chi connectivity index (χ3v) is 4.91. The number of carbonyl (C=O) groups is 2. The molecule has 0 bridgehead atoms. The minimum atomic E-state index is -0.600. The number of halogens is 1. The van der Waals surface area contributed by atoms with Gasteiger partial charge in [-0.1, -0.05) is 0 Å². The lowest BCUT2D eigenvalue weighted by Gasteiger charge is -2.15. The van der Waals surface area contributed by atoms with Gasteiger partial charge in [-0.3, -0.25) is 4.79 Å². The van der Waals surface area contributed by atoms with Gasteiger partial charge < -0.3 is 15.0 Å². The van der Waals surface area contributed by atoms with Crippen LogP contribution in [0.4, 0.5) is 10.1 Å². The molecule has 0 aliphatic heterocycles. The molecule has 1 aliphatic carbocycles. The van der Waals surface area contributed by atoms with Crippen molar-refractivity contribution in [2.45, 2.75) is 18.3 Å². The van der Waals surface area contributed by atoms with Crippen LogP contribution in [-0.4, -0.2) is 24.0 Å². The maximum Gasteiger partial charge on any atom is 0.337 e. The summed E-state index contributed by atoms with van der Waals surface area (Å²) >= 11 is 0. The highest BCUT2D eigenvalue weighted by Crippen LogP contribution is 2.51. The predicted molar refractivity (Wildman–Crippen MR) is 95.6 cm³/mol. The summed E-state index contributed by atoms with van der Waals surface area (Å²) in [6.45, 7) is 0. The van der Waals surface area contributed by atoms with Crippen molar-refractivity contribution in [1.29, 1.82) is 0 Å². The first-order chi connectivity index (χ1) is 12.5. The Balaban J connectivity index is 1.58. The zero-order valence-electron chi connectivity index (χ0n) is 14.1. The van der Waals surface area contributed by atoms with Crippen LogP contribution in [0.2, 0.25) is 0 Å². The van der Waals surface area contributed by atoms with E-state index in [1.165, 1.54) is 19.2 Å². The number of nitrogens with one attached hydrogen (secondary N) is 2. The zero-order chi connectivity index (χ0) is 18.3. The molecule has 0 unspecified atom stereocenters. The zero-order valence-corrected chi connectivity index (χ0v) is 14.1. The van der Waals surface area contributed by atoms with Gasteiger partial charge in [0.25, 0.3) is 0 Å². The number of benzene rings is 2. The summed E-state index contributed by atoms with van der Waals surface area (Å²) in [5, 5.41) is 3.78. The minimum absolute atomic E-state index is 0.103. The van der Waals surface area contributed by atoms with Crippen LogP contribution in [0.3, 0.4) is 0 Å². The van der Waals surface area contributed by atoms with E-state index in [0.717, 1.165) is 23.8 Å². The largest absolute Gasteiger partial charge is 0.465 e. The average molecular weight is 352 g/mol. The van der Waals surface area contributed by atoms with E-state index in [-0.39, 0.29) is 11.7 Å². The van der Waals surface area contributed by atoms with Crippen LogP contribution < -0.4 is 5.32 Å². The molecule has 0 spiro atoms. The van der Waals surface area contributed by atoms with E-state index in [0.29, 0.717) is 16.8 Å². The second-order valence-corrected chi connectivity index (χ2v) is 6.50. The smallest absolute Gasteiger partial charge is 0.337 e. The van der Waals surface area contributed by atoms with Gasteiger partial charge in [-0.25, -0.2) is 9.18 Å². The second kappa shape index (κ2) is 5.98. The second-order valence-electron chi connectivity index (χ2n) is 6.50. The van der Waals surface area contributed by atoms with Crippen LogP contribution in [0.1, 0.15) is 28.8 Å². The van der Waals surface area contributed by atoms with Gasteiger partial charge in [0, 0.05) is 22.8 Å². The van der Waals surface area contributed by atoms with Crippen LogP contribution in [0, 0.1) is 5.82 Å². The number of hydrogen-bond donors (Lipinski definition) is 2. The molecule has 1 heterocycles. The third kappa shape index (κ3) is 2.63. The fourth-order valence-electron chi connectivity index (χ4n) is 3.30. The molecule has 2 aromatic carbocycles. The molecular formula is C20H17FN2O3. The normalized spacial score (nSPS) is 14.8. The van der Waals surface area contributed by atoms with E-state index in [1.807, 2.05) is 0 Å². The maximum absolute atomic E-state index is 13.4. The van der Waals surface area contributed by atoms with Gasteiger partial charge in [0.05, 0.1) is 18.1 Å². The Kier molecular flexibility index (Phi) is 3.76. The molecule has 2 N–H and O–H groups in total. The van der Waals surface area contributed by atoms with Gasteiger partial charge in [0.2, 0.25) is 5.91 Å². The Labute approximate surface area is 149 Å². The minimum Gasteiger partial charge on any atom is -0.465 e. The highest BCUT2D eigenvalue weighted by molar-refractivity contribution is 6.04. The first kappa shape index (κ1) is 16.3. The number of esters is 1. The summed E-state index contributed by atoms with van der Waals surface area (Å²) in [5.41, 5.74) is 2.00. The van der Waals surface area contributed by atoms with Gasteiger partial charge >= 0.3 is 5.97 Å². The molecule has 1 amide bonds. The fraction of sp³-hybridized carbons (Fsp3) is 0.200. The van der Waals surface area contributed by atoms with Gasteiger partial charge in [0.1, 0.15) is 5.82 Å². The van der Waals surface area contributed by atoms with Gasteiger partial charge in [-0.05, 0) is 60.9 Å². The summed E-state index contributed by atoms with van der Waals surface area (Å²) in [6.07, 6.45) is 3.27. The Bertz CT molecular complexity index is 1000. The van der Waals surface area contributed by atoms with Crippen molar-refractivity contribution < 1.29 is 18.7 Å². The van der Waals surface area contributed by atoms with Gasteiger partial charge in [-0.2, -0.15) is 0 Å². The lowest BCUT2D eigenvalue weighted by Crippen LogP contribution is -2.27. The Hall–Kier alpha value is -3.15. The van der Waals surface area contributed by atoms with Crippen molar-refractivity contribution >= 4 is 28.5 Å². The Morgan fingerprint density at radius 3 is 2.54 bits per heavy atom. The molecule has 5 nitrogen and oxygen atoms in total. The number of fused-ring (bicyclic) bond motifs is 1. The fourth-order valence-corrected chi connectivity index (χ4v) is 3.30. The third-order valence-electron chi connectivity index (χ3n) is 4.91. The van der Waals surface area contributed by atoms with Crippen LogP contribution in [-0.2, 0) is 14.9 Å². The number of hydrogen-bond acceptors (Lipinski definition) is 3. The van der Waals surface area contributed by atoms with Gasteiger partial charge in [-0.15, -0.1) is 0 Å². The highest BCUT2D eigenvalue weighted by Gasteiger charge is 2.52. The predicted octanol–water partition coefficient (Wildman–Crippen LogP) is 3.76. The number of ether oxygens (including phenoxy) is 1. The molecule has 1 fully saturated rings. The number of aromatic nitrogens is 1. The average Bonchev–Trinajstić information content (AvgIpc) is 3.36. The standard InChI is InChI=1S/C20H17FN2O3/c1-26-18(24)12-2-5-14(6-3-12)23-19(25)20(8-9-20)16-11-22-17-10-13(21)4-7-15(16)17/h2-7,10-11,22H,8-9H2,1H3,(H,23,25). The molecule has 1 aromatic heterocycles. The highest BCUT2D eigenvalue weighted by atomic mass is 19.1. The van der Waals surface area contributed by atoms with E-state index in [2.05, 4.69) is 15.0 Å². The number of amides is 1. The van der Waals surface area contributed by atoms with Gasteiger partial charge in [0.15, 0.2) is 0 Å². The van der Waals surface area contributed by atoms with E-state index >= 15 is 0 Å². The van der Waals surface area contributed by atoms with E-state index in [4.69, 9.17) is 0 Å². The molecule has 26 heavy (non-hydrogen) atoms. The molecule has 0 saturated heterocycles. The lowest BCUT2D eigenvalue weighted by atomic mass is 9.94. The van der Waals surface area contributed by atoms with Crippen LogP contribution in [0.25, 0.3) is 10.9 Å². The monoisotopic (exact) mass is 352 g/mol. The molecule has 0 radical (unpaired) electrons. The van der Waals surface area contributed by atoms with Crippen molar-refractivity contribution in [2.75, 3.05) is 12.4 Å². The van der Waals surface area contributed by atoms with Crippen LogP contribution in [0.5, 0.6) is 0 Å². The summed E-state index contributed by atoms with van der Waals surface area (Å²) < 4.78 is 18.1. The van der Waals surface area contributed by atoms with Crippen molar-refractivity contribution in [3.05, 3.63) is 65.6 Å². The Morgan fingerprint density at radius 2 is 1.88 bits per heavy atom. The van der Waals surface area contributed by atoms with Crippen LogP contribution >= 0.6 is 0 Å². The number of methoxy groups -OCH3 is 1. The van der Waals surface area contributed by atoms with Crippen molar-refractivity contribution in [3.8, 4) is 0 Å². The SMILES string of the molecule is COC(=O)c1ccc(NC(=O)C2(c3c[nH]c4cc(F)ccc34)CC2)cc1. The molecule has 3 aromatic rings. The first-order valence-corrected chi connectivity index (χ1v) is 8.30. The van der Waals surface area contributed by atoms with Crippen molar-refractivity contribution in [2.24, 2.45) is 0 Å². The number of rotatable bonds is 4. The number of H-pyrrole nitrogens is 1. The summed E-state index contributed by atoms with van der Waals surface area (Å²) in [4.78, 5) is 27.4. The summed E-state index contributed by atoms with van der Waals surface area (Å²) in [6, 6.07) is 11.1. The Morgan fingerprint density at radius 1 is 1.15 bits per heavy atom. The molecule has 6 heteroatoms. The lowest BCUT2D eigenvalue weighted by molar-refractivity contribution is -0.118. The van der Waals surface area contributed by atoms with Crippen molar-refractivity contribution in [1.82, 2.24) is 4.98 Å². The molecule has 4 rings (SSSR count). The maximum atomic E-state index is 13.4. The van der Waals surface area contributed by atoms with E-state index < -0.39 is 11.4 Å². The van der Waals surface area contributed by atoms with E-state index in [9.17, 15) is 14.0 Å². The molecular weight excluding hydrogens is 335 g/mol. The summed E-state index contributed by atoms with van der Waals surface area (Å²) in [7, 11) is 1.32. The summed E-state index contributed by atoms with van der Waals surface area (Å²) in [5.74, 6) is -0.841. The molecule has 1 saturated carbocycles. The molecule has 132 valence electrons. The van der Waals surface area contributed by atoms with Crippen molar-refractivity contribution in [3.63, 3.8) is 0 Å². The number of aromatic amines is 1. The number of anilines is 1. The van der Waals surface area contributed by atoms with Crippen LogP contribution in [0.15, 0.2) is 48.7 Å². The van der Waals surface area contributed by atoms with E-state index in [1.54, 1.807) is 36.5 Å². The molecule has 1 aliphatic rings. The first-order valence-electron chi connectivity index (χ1n) is 8.30. The quantitative estimate of drug-likeness (QED) is 0.702.